The number of hydrogen-bond acceptors (Lipinski definition) is 3. The zero-order valence-electron chi connectivity index (χ0n) is 12.3. The molecule has 3 nitrogen and oxygen atoms in total. The predicted octanol–water partition coefficient (Wildman–Crippen LogP) is 3.06. The maximum Gasteiger partial charge on any atom is 0.0340 e. The number of anilines is 1. The van der Waals surface area contributed by atoms with E-state index in [1.165, 1.54) is 11.3 Å². The van der Waals surface area contributed by atoms with Gasteiger partial charge in [0.1, 0.15) is 0 Å². The molecule has 1 N–H and O–H groups in total. The van der Waals surface area contributed by atoms with E-state index in [1.54, 1.807) is 0 Å². The summed E-state index contributed by atoms with van der Waals surface area (Å²) in [5.41, 5.74) is 2.52. The van der Waals surface area contributed by atoms with Crippen molar-refractivity contribution in [2.24, 2.45) is 0 Å². The molecular formula is C17H23N3. The van der Waals surface area contributed by atoms with Gasteiger partial charge in [-0.1, -0.05) is 18.2 Å². The maximum atomic E-state index is 4.05. The van der Waals surface area contributed by atoms with Crippen LogP contribution in [0.15, 0.2) is 54.9 Å². The fraction of sp³-hybridized carbons (Fsp3) is 0.353. The summed E-state index contributed by atoms with van der Waals surface area (Å²) in [5, 5.41) is 3.47. The van der Waals surface area contributed by atoms with Crippen LogP contribution in [0, 0.1) is 0 Å². The molecule has 0 saturated carbocycles. The Bertz CT molecular complexity index is 437. The summed E-state index contributed by atoms with van der Waals surface area (Å²) in [4.78, 5) is 6.43. The van der Waals surface area contributed by atoms with E-state index < -0.39 is 0 Å². The first kappa shape index (κ1) is 14.5. The van der Waals surface area contributed by atoms with E-state index in [1.807, 2.05) is 18.5 Å². The summed E-state index contributed by atoms with van der Waals surface area (Å²) in [5.74, 6) is 0. The number of benzene rings is 1. The summed E-state index contributed by atoms with van der Waals surface area (Å²) in [7, 11) is 2.18. The number of aromatic nitrogens is 1. The fourth-order valence-electron chi connectivity index (χ4n) is 2.05. The van der Waals surface area contributed by atoms with Crippen molar-refractivity contribution in [3.63, 3.8) is 0 Å². The average Bonchev–Trinajstić information content (AvgIpc) is 2.52. The summed E-state index contributed by atoms with van der Waals surface area (Å²) < 4.78 is 0. The number of hydrogen-bond donors (Lipinski definition) is 1. The van der Waals surface area contributed by atoms with Crippen LogP contribution in [0.3, 0.4) is 0 Å². The Morgan fingerprint density at radius 1 is 1.10 bits per heavy atom. The molecule has 1 unspecified atom stereocenters. The minimum Gasteiger partial charge on any atom is -0.383 e. The Hall–Kier alpha value is -1.87. The SMILES string of the molecule is CC(CNc1ccccc1)N(C)CCc1ccncc1. The Morgan fingerprint density at radius 3 is 2.50 bits per heavy atom. The van der Waals surface area contributed by atoms with Crippen LogP contribution in [0.25, 0.3) is 0 Å². The molecule has 106 valence electrons. The number of nitrogens with one attached hydrogen (secondary N) is 1. The molecule has 0 bridgehead atoms. The highest BCUT2D eigenvalue weighted by Gasteiger charge is 2.08. The maximum absolute atomic E-state index is 4.05. The van der Waals surface area contributed by atoms with Crippen LogP contribution in [0.1, 0.15) is 12.5 Å². The van der Waals surface area contributed by atoms with Crippen LogP contribution in [0.2, 0.25) is 0 Å². The highest BCUT2D eigenvalue weighted by Crippen LogP contribution is 2.07. The first-order valence-corrected chi connectivity index (χ1v) is 7.14. The van der Waals surface area contributed by atoms with Gasteiger partial charge in [0.25, 0.3) is 0 Å². The Labute approximate surface area is 121 Å². The van der Waals surface area contributed by atoms with Crippen LogP contribution in [0.5, 0.6) is 0 Å². The number of para-hydroxylation sites is 1. The third kappa shape index (κ3) is 4.67. The van der Waals surface area contributed by atoms with Crippen LogP contribution < -0.4 is 5.32 Å². The average molecular weight is 269 g/mol. The van der Waals surface area contributed by atoms with E-state index in [0.29, 0.717) is 6.04 Å². The molecule has 0 fully saturated rings. The lowest BCUT2D eigenvalue weighted by molar-refractivity contribution is 0.270. The molecule has 1 atom stereocenters. The Morgan fingerprint density at radius 2 is 1.80 bits per heavy atom. The standard InChI is InChI=1S/C17H23N3/c1-15(14-19-17-6-4-3-5-7-17)20(2)13-10-16-8-11-18-12-9-16/h3-9,11-12,15,19H,10,13-14H2,1-2H3. The van der Waals surface area contributed by atoms with E-state index in [2.05, 4.69) is 65.6 Å². The molecule has 1 heterocycles. The third-order valence-electron chi connectivity index (χ3n) is 3.63. The highest BCUT2D eigenvalue weighted by atomic mass is 15.1. The van der Waals surface area contributed by atoms with Gasteiger partial charge in [0.05, 0.1) is 0 Å². The van der Waals surface area contributed by atoms with Gasteiger partial charge >= 0.3 is 0 Å². The van der Waals surface area contributed by atoms with Crippen molar-refractivity contribution < 1.29 is 0 Å². The van der Waals surface area contributed by atoms with Crippen LogP contribution >= 0.6 is 0 Å². The summed E-state index contributed by atoms with van der Waals surface area (Å²) in [6, 6.07) is 15.0. The lowest BCUT2D eigenvalue weighted by Gasteiger charge is -2.25. The molecule has 0 spiro atoms. The van der Waals surface area contributed by atoms with E-state index in [9.17, 15) is 0 Å². The van der Waals surface area contributed by atoms with Crippen LogP contribution in [0.4, 0.5) is 5.69 Å². The molecular weight excluding hydrogens is 246 g/mol. The second kappa shape index (κ2) is 7.65. The molecule has 0 saturated heterocycles. The molecule has 2 aromatic rings. The first-order valence-electron chi connectivity index (χ1n) is 7.14. The second-order valence-electron chi connectivity index (χ2n) is 5.18. The first-order chi connectivity index (χ1) is 9.75. The van der Waals surface area contributed by atoms with Crippen molar-refractivity contribution in [2.75, 3.05) is 25.5 Å². The molecule has 2 rings (SSSR count). The van der Waals surface area contributed by atoms with E-state index in [0.717, 1.165) is 19.5 Å². The minimum atomic E-state index is 0.497. The van der Waals surface area contributed by atoms with Gasteiger partial charge < -0.3 is 10.2 Å². The molecule has 0 aliphatic rings. The quantitative estimate of drug-likeness (QED) is 0.837. The molecule has 1 aromatic heterocycles. The molecule has 0 amide bonds. The summed E-state index contributed by atoms with van der Waals surface area (Å²) >= 11 is 0. The zero-order chi connectivity index (χ0) is 14.2. The largest absolute Gasteiger partial charge is 0.383 e. The van der Waals surface area contributed by atoms with Crippen molar-refractivity contribution in [3.8, 4) is 0 Å². The molecule has 0 radical (unpaired) electrons. The molecule has 0 aliphatic carbocycles. The van der Waals surface area contributed by atoms with Gasteiger partial charge in [-0.05, 0) is 50.2 Å². The van der Waals surface area contributed by atoms with Crippen LogP contribution in [-0.2, 0) is 6.42 Å². The number of rotatable bonds is 7. The topological polar surface area (TPSA) is 28.2 Å². The van der Waals surface area contributed by atoms with Gasteiger partial charge in [-0.15, -0.1) is 0 Å². The van der Waals surface area contributed by atoms with E-state index in [4.69, 9.17) is 0 Å². The molecule has 3 heteroatoms. The van der Waals surface area contributed by atoms with Gasteiger partial charge in [0.2, 0.25) is 0 Å². The third-order valence-corrected chi connectivity index (χ3v) is 3.63. The van der Waals surface area contributed by atoms with Gasteiger partial charge in [-0.3, -0.25) is 4.98 Å². The van der Waals surface area contributed by atoms with Gasteiger partial charge in [0.15, 0.2) is 0 Å². The van der Waals surface area contributed by atoms with Crippen molar-refractivity contribution in [3.05, 3.63) is 60.4 Å². The van der Waals surface area contributed by atoms with E-state index >= 15 is 0 Å². The van der Waals surface area contributed by atoms with Gasteiger partial charge in [-0.25, -0.2) is 0 Å². The Balaban J connectivity index is 1.73. The molecule has 0 aliphatic heterocycles. The van der Waals surface area contributed by atoms with Gasteiger partial charge in [-0.2, -0.15) is 0 Å². The molecule has 1 aromatic carbocycles. The smallest absolute Gasteiger partial charge is 0.0340 e. The fourth-order valence-corrected chi connectivity index (χ4v) is 2.05. The monoisotopic (exact) mass is 269 g/mol. The zero-order valence-corrected chi connectivity index (χ0v) is 12.3. The lowest BCUT2D eigenvalue weighted by atomic mass is 10.2. The van der Waals surface area contributed by atoms with Crippen molar-refractivity contribution in [1.29, 1.82) is 0 Å². The number of likely N-dealkylation sites (N-methyl/N-ethyl adjacent to an activating group) is 1. The predicted molar refractivity (Wildman–Crippen MR) is 85.0 cm³/mol. The molecule has 20 heavy (non-hydrogen) atoms. The van der Waals surface area contributed by atoms with Crippen molar-refractivity contribution in [2.45, 2.75) is 19.4 Å². The summed E-state index contributed by atoms with van der Waals surface area (Å²) in [6.07, 6.45) is 4.78. The summed E-state index contributed by atoms with van der Waals surface area (Å²) in [6.45, 7) is 4.26. The Kier molecular flexibility index (Phi) is 5.56. The number of pyridine rings is 1. The highest BCUT2D eigenvalue weighted by molar-refractivity contribution is 5.42. The normalized spacial score (nSPS) is 12.3. The van der Waals surface area contributed by atoms with Crippen LogP contribution in [-0.4, -0.2) is 36.1 Å². The van der Waals surface area contributed by atoms with E-state index in [-0.39, 0.29) is 0 Å². The minimum absolute atomic E-state index is 0.497. The van der Waals surface area contributed by atoms with Gasteiger partial charge in [0, 0.05) is 37.2 Å². The van der Waals surface area contributed by atoms with Crippen molar-refractivity contribution in [1.82, 2.24) is 9.88 Å². The number of nitrogens with zero attached hydrogens (tertiary/aromatic N) is 2. The van der Waals surface area contributed by atoms with Crippen molar-refractivity contribution >= 4 is 5.69 Å². The lowest BCUT2D eigenvalue weighted by Crippen LogP contribution is -2.36. The second-order valence-corrected chi connectivity index (χ2v) is 5.18.